The Morgan fingerprint density at radius 3 is 2.69 bits per heavy atom. The lowest BCUT2D eigenvalue weighted by molar-refractivity contribution is 0.0989. The first-order chi connectivity index (χ1) is 17.4. The molecule has 0 bridgehead atoms. The molecule has 4 heterocycles. The molecule has 3 aromatic rings. The average Bonchev–Trinajstić information content (AvgIpc) is 3.55. The molecule has 1 amide bonds. The number of hydrogen-bond acceptors (Lipinski definition) is 9. The van der Waals surface area contributed by atoms with Gasteiger partial charge in [0.25, 0.3) is 5.91 Å². The standard InChI is InChI=1S/C23H25N9O3S/c24-5-8-30-16-18(15-27-30)22(33)32-7-4-17-13-20(1-2-21(17)32)36(34,35)31-11-9-29(10-12-31)23-26-6-3-19(14-25)28-23/h1-3,6,13,15-16H,4-5,7-12,24H2. The summed E-state index contributed by atoms with van der Waals surface area (Å²) in [6.07, 6.45) is 5.29. The molecule has 5 rings (SSSR count). The third-order valence-corrected chi connectivity index (χ3v) is 8.24. The van der Waals surface area contributed by atoms with E-state index in [1.165, 1.54) is 22.8 Å². The second-order valence-corrected chi connectivity index (χ2v) is 10.5. The van der Waals surface area contributed by atoms with E-state index in [1.807, 2.05) is 11.0 Å². The lowest BCUT2D eigenvalue weighted by Crippen LogP contribution is -2.49. The van der Waals surface area contributed by atoms with Gasteiger partial charge in [0.05, 0.1) is 23.2 Å². The Kier molecular flexibility index (Phi) is 6.40. The van der Waals surface area contributed by atoms with Crippen molar-refractivity contribution in [2.24, 2.45) is 5.73 Å². The Bertz CT molecular complexity index is 1440. The Morgan fingerprint density at radius 1 is 1.14 bits per heavy atom. The topological polar surface area (TPSA) is 154 Å². The summed E-state index contributed by atoms with van der Waals surface area (Å²) in [5.74, 6) is 0.244. The SMILES string of the molecule is N#Cc1ccnc(N2CCN(S(=O)(=O)c3ccc4c(c3)CCN4C(=O)c3cnn(CCN)c3)CC2)n1. The van der Waals surface area contributed by atoms with Gasteiger partial charge in [-0.1, -0.05) is 0 Å². The number of hydrogen-bond donors (Lipinski definition) is 1. The average molecular weight is 508 g/mol. The molecule has 1 fully saturated rings. The zero-order valence-electron chi connectivity index (χ0n) is 19.5. The first kappa shape index (κ1) is 23.9. The van der Waals surface area contributed by atoms with E-state index in [0.29, 0.717) is 56.3 Å². The number of sulfonamides is 1. The number of carbonyl (C=O) groups excluding carboxylic acids is 1. The maximum absolute atomic E-state index is 13.4. The molecule has 2 aliphatic rings. The highest BCUT2D eigenvalue weighted by Crippen LogP contribution is 2.32. The molecule has 0 atom stereocenters. The van der Waals surface area contributed by atoms with Crippen molar-refractivity contribution < 1.29 is 13.2 Å². The minimum absolute atomic E-state index is 0.175. The quantitative estimate of drug-likeness (QED) is 0.493. The summed E-state index contributed by atoms with van der Waals surface area (Å²) in [6.45, 7) is 2.81. The van der Waals surface area contributed by atoms with E-state index in [-0.39, 0.29) is 29.6 Å². The van der Waals surface area contributed by atoms with Crippen molar-refractivity contribution in [3.05, 3.63) is 59.7 Å². The normalized spacial score (nSPS) is 16.1. The van der Waals surface area contributed by atoms with Gasteiger partial charge in [0, 0.05) is 57.3 Å². The van der Waals surface area contributed by atoms with Gasteiger partial charge in [0.1, 0.15) is 11.8 Å². The van der Waals surface area contributed by atoms with Crippen molar-refractivity contribution >= 4 is 27.6 Å². The summed E-state index contributed by atoms with van der Waals surface area (Å²) in [5, 5.41) is 13.2. The minimum Gasteiger partial charge on any atom is -0.338 e. The molecule has 13 heteroatoms. The molecule has 0 saturated carbocycles. The van der Waals surface area contributed by atoms with Crippen LogP contribution in [0, 0.1) is 11.3 Å². The molecule has 0 unspecified atom stereocenters. The molecule has 36 heavy (non-hydrogen) atoms. The zero-order valence-corrected chi connectivity index (χ0v) is 20.3. The lowest BCUT2D eigenvalue weighted by Gasteiger charge is -2.34. The van der Waals surface area contributed by atoms with Gasteiger partial charge < -0.3 is 15.5 Å². The molecule has 1 saturated heterocycles. The Morgan fingerprint density at radius 2 is 1.94 bits per heavy atom. The summed E-state index contributed by atoms with van der Waals surface area (Å²) in [7, 11) is -3.71. The fourth-order valence-electron chi connectivity index (χ4n) is 4.47. The summed E-state index contributed by atoms with van der Waals surface area (Å²) >= 11 is 0. The van der Waals surface area contributed by atoms with Crippen LogP contribution in [0.25, 0.3) is 0 Å². The van der Waals surface area contributed by atoms with Crippen LogP contribution in [0.4, 0.5) is 11.6 Å². The van der Waals surface area contributed by atoms with Crippen LogP contribution in [-0.2, 0) is 23.0 Å². The Labute approximate surface area is 208 Å². The van der Waals surface area contributed by atoms with E-state index in [2.05, 4.69) is 15.1 Å². The van der Waals surface area contributed by atoms with Crippen LogP contribution in [0.5, 0.6) is 0 Å². The van der Waals surface area contributed by atoms with Crippen LogP contribution in [0.15, 0.2) is 47.8 Å². The third kappa shape index (κ3) is 4.41. The summed E-state index contributed by atoms with van der Waals surface area (Å²) in [6, 6.07) is 8.45. The fraction of sp³-hybridized carbons (Fsp3) is 0.348. The number of benzene rings is 1. The van der Waals surface area contributed by atoms with Crippen LogP contribution in [0.3, 0.4) is 0 Å². The van der Waals surface area contributed by atoms with E-state index >= 15 is 0 Å². The van der Waals surface area contributed by atoms with E-state index < -0.39 is 10.0 Å². The van der Waals surface area contributed by atoms with Gasteiger partial charge >= 0.3 is 0 Å². The highest BCUT2D eigenvalue weighted by molar-refractivity contribution is 7.89. The number of carbonyl (C=O) groups is 1. The van der Waals surface area contributed by atoms with Crippen LogP contribution in [0.1, 0.15) is 21.6 Å². The van der Waals surface area contributed by atoms with Gasteiger partial charge in [-0.15, -0.1) is 0 Å². The van der Waals surface area contributed by atoms with E-state index in [1.54, 1.807) is 34.0 Å². The first-order valence-electron chi connectivity index (χ1n) is 11.6. The number of amides is 1. The largest absolute Gasteiger partial charge is 0.338 e. The molecule has 2 aromatic heterocycles. The van der Waals surface area contributed by atoms with Gasteiger partial charge in [0.15, 0.2) is 0 Å². The summed E-state index contributed by atoms with van der Waals surface area (Å²) < 4.78 is 29.8. The molecular weight excluding hydrogens is 482 g/mol. The molecule has 186 valence electrons. The first-order valence-corrected chi connectivity index (χ1v) is 13.0. The van der Waals surface area contributed by atoms with Gasteiger partial charge in [-0.2, -0.15) is 14.7 Å². The van der Waals surface area contributed by atoms with Crippen LogP contribution < -0.4 is 15.5 Å². The number of nitrogens with zero attached hydrogens (tertiary/aromatic N) is 8. The van der Waals surface area contributed by atoms with Crippen LogP contribution in [-0.4, -0.2) is 77.6 Å². The predicted molar refractivity (Wildman–Crippen MR) is 131 cm³/mol. The molecular formula is C23H25N9O3S. The van der Waals surface area contributed by atoms with Crippen molar-refractivity contribution in [1.29, 1.82) is 5.26 Å². The van der Waals surface area contributed by atoms with Crippen molar-refractivity contribution in [2.45, 2.75) is 17.9 Å². The van der Waals surface area contributed by atoms with Gasteiger partial charge in [0.2, 0.25) is 16.0 Å². The van der Waals surface area contributed by atoms with Gasteiger partial charge in [-0.05, 0) is 36.2 Å². The number of nitriles is 1. The molecule has 0 spiro atoms. The maximum Gasteiger partial charge on any atom is 0.261 e. The van der Waals surface area contributed by atoms with Crippen molar-refractivity contribution in [2.75, 3.05) is 49.1 Å². The number of aromatic nitrogens is 4. The van der Waals surface area contributed by atoms with Crippen molar-refractivity contribution in [3.8, 4) is 6.07 Å². The molecule has 12 nitrogen and oxygen atoms in total. The van der Waals surface area contributed by atoms with Crippen molar-refractivity contribution in [1.82, 2.24) is 24.1 Å². The second kappa shape index (κ2) is 9.65. The highest BCUT2D eigenvalue weighted by atomic mass is 32.2. The van der Waals surface area contributed by atoms with Gasteiger partial charge in [-0.25, -0.2) is 18.4 Å². The van der Waals surface area contributed by atoms with E-state index in [0.717, 1.165) is 5.56 Å². The summed E-state index contributed by atoms with van der Waals surface area (Å²) in [5.41, 5.74) is 7.82. The molecule has 0 radical (unpaired) electrons. The number of anilines is 2. The monoisotopic (exact) mass is 507 g/mol. The molecule has 1 aromatic carbocycles. The molecule has 2 N–H and O–H groups in total. The number of nitrogens with two attached hydrogens (primary N) is 1. The number of rotatable bonds is 6. The summed E-state index contributed by atoms with van der Waals surface area (Å²) in [4.78, 5) is 25.2. The van der Waals surface area contributed by atoms with Crippen LogP contribution in [0.2, 0.25) is 0 Å². The Hall–Kier alpha value is -3.86. The fourth-order valence-corrected chi connectivity index (χ4v) is 5.95. The lowest BCUT2D eigenvalue weighted by atomic mass is 10.2. The zero-order chi connectivity index (χ0) is 25.3. The minimum atomic E-state index is -3.71. The highest BCUT2D eigenvalue weighted by Gasteiger charge is 2.32. The number of fused-ring (bicyclic) bond motifs is 1. The molecule has 0 aliphatic carbocycles. The smallest absolute Gasteiger partial charge is 0.261 e. The van der Waals surface area contributed by atoms with E-state index in [4.69, 9.17) is 11.0 Å². The molecule has 2 aliphatic heterocycles. The third-order valence-electron chi connectivity index (χ3n) is 6.35. The number of piperazine rings is 1. The van der Waals surface area contributed by atoms with Crippen LogP contribution >= 0.6 is 0 Å². The maximum atomic E-state index is 13.4. The Balaban J connectivity index is 1.29. The second-order valence-electron chi connectivity index (χ2n) is 8.52. The predicted octanol–water partition coefficient (Wildman–Crippen LogP) is 0.217. The van der Waals surface area contributed by atoms with Crippen molar-refractivity contribution in [3.63, 3.8) is 0 Å². The van der Waals surface area contributed by atoms with E-state index in [9.17, 15) is 13.2 Å². The van der Waals surface area contributed by atoms with Gasteiger partial charge in [-0.3, -0.25) is 9.48 Å².